The van der Waals surface area contributed by atoms with Crippen LogP contribution in [0.25, 0.3) is 0 Å². The number of carbonyl (C=O) groups is 1. The van der Waals surface area contributed by atoms with E-state index in [9.17, 15) is 4.79 Å². The number of benzene rings is 1. The minimum atomic E-state index is 0.0951. The number of hydrogen-bond donors (Lipinski definition) is 1. The molecule has 98 valence electrons. The monoisotopic (exact) mass is 246 g/mol. The summed E-state index contributed by atoms with van der Waals surface area (Å²) in [5.74, 6) is 0.150. The molecular formula is C15H22N2O. The normalized spacial score (nSPS) is 20.8. The van der Waals surface area contributed by atoms with Crippen LogP contribution in [0, 0.1) is 5.41 Å². The first-order chi connectivity index (χ1) is 8.50. The zero-order chi connectivity index (χ0) is 13.2. The first kappa shape index (κ1) is 13.1. The summed E-state index contributed by atoms with van der Waals surface area (Å²) in [5.41, 5.74) is 0.881. The van der Waals surface area contributed by atoms with E-state index in [0.29, 0.717) is 0 Å². The second kappa shape index (κ2) is 5.11. The maximum atomic E-state index is 12.6. The molecule has 2 rings (SSSR count). The quantitative estimate of drug-likeness (QED) is 0.823. The highest BCUT2D eigenvalue weighted by atomic mass is 16.2. The largest absolute Gasteiger partial charge is 0.333 e. The zero-order valence-electron chi connectivity index (χ0n) is 11.4. The van der Waals surface area contributed by atoms with E-state index in [-0.39, 0.29) is 17.4 Å². The van der Waals surface area contributed by atoms with Gasteiger partial charge in [0.25, 0.3) is 5.91 Å². The fraction of sp³-hybridized carbons (Fsp3) is 0.533. The van der Waals surface area contributed by atoms with Crippen LogP contribution in [0.15, 0.2) is 30.3 Å². The summed E-state index contributed by atoms with van der Waals surface area (Å²) in [6.07, 6.45) is 0. The topological polar surface area (TPSA) is 32.3 Å². The molecule has 3 nitrogen and oxygen atoms in total. The number of nitrogens with one attached hydrogen (secondary N) is 1. The van der Waals surface area contributed by atoms with Gasteiger partial charge >= 0.3 is 0 Å². The van der Waals surface area contributed by atoms with Crippen LogP contribution in [0.4, 0.5) is 0 Å². The molecule has 1 aromatic rings. The fourth-order valence-electron chi connectivity index (χ4n) is 2.47. The van der Waals surface area contributed by atoms with Crippen molar-refractivity contribution in [1.82, 2.24) is 10.2 Å². The van der Waals surface area contributed by atoms with Crippen molar-refractivity contribution in [3.05, 3.63) is 35.9 Å². The highest BCUT2D eigenvalue weighted by Gasteiger charge is 2.35. The molecule has 1 aromatic carbocycles. The number of hydrogen-bond acceptors (Lipinski definition) is 2. The molecule has 1 amide bonds. The Labute approximate surface area is 109 Å². The highest BCUT2D eigenvalue weighted by Crippen LogP contribution is 2.26. The minimum absolute atomic E-state index is 0.0951. The molecule has 3 heteroatoms. The molecule has 1 atom stereocenters. The van der Waals surface area contributed by atoms with Gasteiger partial charge in [-0.1, -0.05) is 39.0 Å². The Hall–Kier alpha value is -1.35. The Morgan fingerprint density at radius 3 is 2.56 bits per heavy atom. The van der Waals surface area contributed by atoms with Crippen molar-refractivity contribution in [2.24, 2.45) is 5.41 Å². The molecule has 1 N–H and O–H groups in total. The summed E-state index contributed by atoms with van der Waals surface area (Å²) in [4.78, 5) is 14.6. The van der Waals surface area contributed by atoms with E-state index in [0.717, 1.165) is 25.2 Å². The van der Waals surface area contributed by atoms with E-state index < -0.39 is 0 Å². The van der Waals surface area contributed by atoms with Crippen molar-refractivity contribution >= 4 is 5.91 Å². The third kappa shape index (κ3) is 2.72. The van der Waals surface area contributed by atoms with Crippen LogP contribution in [0.3, 0.4) is 0 Å². The predicted molar refractivity (Wildman–Crippen MR) is 73.6 cm³/mol. The van der Waals surface area contributed by atoms with Crippen LogP contribution in [-0.2, 0) is 0 Å². The van der Waals surface area contributed by atoms with Gasteiger partial charge in [0.05, 0.1) is 0 Å². The predicted octanol–water partition coefficient (Wildman–Crippen LogP) is 2.15. The molecule has 18 heavy (non-hydrogen) atoms. The van der Waals surface area contributed by atoms with Gasteiger partial charge in [-0.2, -0.15) is 0 Å². The standard InChI is InChI=1S/C15H22N2O/c1-15(2,3)13-11-16-9-10-17(13)14(18)12-7-5-4-6-8-12/h4-8,13,16H,9-11H2,1-3H3. The third-order valence-corrected chi connectivity index (χ3v) is 3.52. The lowest BCUT2D eigenvalue weighted by molar-refractivity contribution is 0.0443. The second-order valence-corrected chi connectivity index (χ2v) is 5.95. The summed E-state index contributed by atoms with van der Waals surface area (Å²) >= 11 is 0. The van der Waals surface area contributed by atoms with Gasteiger partial charge in [-0.3, -0.25) is 4.79 Å². The van der Waals surface area contributed by atoms with E-state index >= 15 is 0 Å². The van der Waals surface area contributed by atoms with Crippen molar-refractivity contribution in [3.63, 3.8) is 0 Å². The Morgan fingerprint density at radius 2 is 1.94 bits per heavy atom. The number of amides is 1. The van der Waals surface area contributed by atoms with E-state index in [4.69, 9.17) is 0 Å². The number of carbonyl (C=O) groups excluding carboxylic acids is 1. The number of piperazine rings is 1. The Kier molecular flexibility index (Phi) is 3.71. The first-order valence-corrected chi connectivity index (χ1v) is 6.57. The molecule has 0 aliphatic carbocycles. The average Bonchev–Trinajstić information content (AvgIpc) is 2.38. The average molecular weight is 246 g/mol. The Morgan fingerprint density at radius 1 is 1.28 bits per heavy atom. The molecule has 1 aliphatic heterocycles. The van der Waals surface area contributed by atoms with Gasteiger partial charge in [0.15, 0.2) is 0 Å². The van der Waals surface area contributed by atoms with Crippen LogP contribution < -0.4 is 5.32 Å². The maximum absolute atomic E-state index is 12.6. The lowest BCUT2D eigenvalue weighted by Crippen LogP contribution is -2.58. The molecule has 1 saturated heterocycles. The Balaban J connectivity index is 2.22. The zero-order valence-corrected chi connectivity index (χ0v) is 11.4. The molecular weight excluding hydrogens is 224 g/mol. The van der Waals surface area contributed by atoms with Crippen LogP contribution in [0.1, 0.15) is 31.1 Å². The molecule has 0 aromatic heterocycles. The Bertz CT molecular complexity index is 408. The summed E-state index contributed by atoms with van der Waals surface area (Å²) < 4.78 is 0. The molecule has 0 bridgehead atoms. The van der Waals surface area contributed by atoms with Crippen molar-refractivity contribution in [1.29, 1.82) is 0 Å². The van der Waals surface area contributed by atoms with Crippen LogP contribution in [-0.4, -0.2) is 36.5 Å². The fourth-order valence-corrected chi connectivity index (χ4v) is 2.47. The van der Waals surface area contributed by atoms with Gasteiger partial charge in [-0.25, -0.2) is 0 Å². The lowest BCUT2D eigenvalue weighted by atomic mass is 9.84. The van der Waals surface area contributed by atoms with E-state index in [2.05, 4.69) is 26.1 Å². The van der Waals surface area contributed by atoms with Gasteiger partial charge in [0, 0.05) is 31.2 Å². The first-order valence-electron chi connectivity index (χ1n) is 6.57. The summed E-state index contributed by atoms with van der Waals surface area (Å²) in [6, 6.07) is 9.81. The van der Waals surface area contributed by atoms with Gasteiger partial charge in [-0.05, 0) is 17.5 Å². The van der Waals surface area contributed by atoms with Crippen molar-refractivity contribution in [3.8, 4) is 0 Å². The van der Waals surface area contributed by atoms with Crippen LogP contribution in [0.5, 0.6) is 0 Å². The van der Waals surface area contributed by atoms with Crippen LogP contribution >= 0.6 is 0 Å². The van der Waals surface area contributed by atoms with Crippen molar-refractivity contribution in [2.75, 3.05) is 19.6 Å². The second-order valence-electron chi connectivity index (χ2n) is 5.95. The van der Waals surface area contributed by atoms with E-state index in [1.807, 2.05) is 35.2 Å². The molecule has 1 fully saturated rings. The van der Waals surface area contributed by atoms with Gasteiger partial charge in [-0.15, -0.1) is 0 Å². The summed E-state index contributed by atoms with van der Waals surface area (Å²) in [6.45, 7) is 9.12. The minimum Gasteiger partial charge on any atom is -0.333 e. The SMILES string of the molecule is CC(C)(C)C1CNCCN1C(=O)c1ccccc1. The van der Waals surface area contributed by atoms with Gasteiger partial charge < -0.3 is 10.2 Å². The number of nitrogens with zero attached hydrogens (tertiary/aromatic N) is 1. The summed E-state index contributed by atoms with van der Waals surface area (Å²) in [5, 5.41) is 3.38. The lowest BCUT2D eigenvalue weighted by Gasteiger charge is -2.43. The van der Waals surface area contributed by atoms with Crippen LogP contribution in [0.2, 0.25) is 0 Å². The van der Waals surface area contributed by atoms with Crippen molar-refractivity contribution < 1.29 is 4.79 Å². The molecule has 1 aliphatic rings. The molecule has 0 radical (unpaired) electrons. The third-order valence-electron chi connectivity index (χ3n) is 3.52. The van der Waals surface area contributed by atoms with Gasteiger partial charge in [0.2, 0.25) is 0 Å². The molecule has 1 unspecified atom stereocenters. The maximum Gasteiger partial charge on any atom is 0.254 e. The van der Waals surface area contributed by atoms with E-state index in [1.165, 1.54) is 0 Å². The highest BCUT2D eigenvalue weighted by molar-refractivity contribution is 5.94. The van der Waals surface area contributed by atoms with Crippen molar-refractivity contribution in [2.45, 2.75) is 26.8 Å². The number of rotatable bonds is 1. The molecule has 0 spiro atoms. The summed E-state index contributed by atoms with van der Waals surface area (Å²) in [7, 11) is 0. The molecule has 0 saturated carbocycles. The van der Waals surface area contributed by atoms with E-state index in [1.54, 1.807) is 0 Å². The smallest absolute Gasteiger partial charge is 0.254 e. The van der Waals surface area contributed by atoms with Gasteiger partial charge in [0.1, 0.15) is 0 Å². The molecule has 1 heterocycles.